The number of nitrogens with one attached hydrogen (secondary N) is 3. The number of rotatable bonds is 4. The highest BCUT2D eigenvalue weighted by Gasteiger charge is 2.18. The second-order valence-corrected chi connectivity index (χ2v) is 4.79. The molecule has 1 aliphatic rings. The molecule has 1 aliphatic heterocycles. The van der Waals surface area contributed by atoms with Gasteiger partial charge < -0.3 is 16.0 Å². The summed E-state index contributed by atoms with van der Waals surface area (Å²) < 4.78 is 0. The highest BCUT2D eigenvalue weighted by atomic mass is 16.1. The number of fused-ring (bicyclic) bond motifs is 1. The lowest BCUT2D eigenvalue weighted by Gasteiger charge is -2.16. The highest BCUT2D eigenvalue weighted by molar-refractivity contribution is 6.09. The summed E-state index contributed by atoms with van der Waals surface area (Å²) in [5.74, 6) is -0.0863. The summed E-state index contributed by atoms with van der Waals surface area (Å²) in [4.78, 5) is 16.1. The molecule has 1 aromatic rings. The fraction of sp³-hybridized carbons (Fsp3) is 0.357. The number of pyridine rings is 1. The van der Waals surface area contributed by atoms with E-state index < -0.39 is 0 Å². The molecule has 0 radical (unpaired) electrons. The Balaban J connectivity index is 2.34. The lowest BCUT2D eigenvalue weighted by Crippen LogP contribution is -2.32. The van der Waals surface area contributed by atoms with E-state index in [-0.39, 0.29) is 5.91 Å². The summed E-state index contributed by atoms with van der Waals surface area (Å²) >= 11 is 0. The molecule has 0 fully saturated rings. The van der Waals surface area contributed by atoms with Crippen LogP contribution >= 0.6 is 0 Å². The van der Waals surface area contributed by atoms with Crippen molar-refractivity contribution in [1.29, 1.82) is 5.41 Å². The first-order chi connectivity index (χ1) is 9.11. The predicted octanol–water partition coefficient (Wildman–Crippen LogP) is 1.36. The van der Waals surface area contributed by atoms with Gasteiger partial charge in [0.05, 0.1) is 11.3 Å². The van der Waals surface area contributed by atoms with Crippen LogP contribution in [0.2, 0.25) is 0 Å². The number of allylic oxidation sites excluding steroid dienone is 1. The van der Waals surface area contributed by atoms with E-state index in [1.54, 1.807) is 18.5 Å². The number of amides is 1. The molecule has 3 N–H and O–H groups in total. The normalized spacial score (nSPS) is 14.9. The molecule has 0 atom stereocenters. The van der Waals surface area contributed by atoms with Gasteiger partial charge in [-0.3, -0.25) is 9.78 Å². The fourth-order valence-corrected chi connectivity index (χ4v) is 1.90. The Kier molecular flexibility index (Phi) is 3.94. The molecule has 0 aromatic carbocycles. The molecule has 0 aliphatic carbocycles. The van der Waals surface area contributed by atoms with E-state index in [2.05, 4.69) is 15.6 Å². The second kappa shape index (κ2) is 5.65. The Labute approximate surface area is 112 Å². The van der Waals surface area contributed by atoms with E-state index in [0.717, 1.165) is 17.7 Å². The van der Waals surface area contributed by atoms with Crippen LogP contribution in [-0.4, -0.2) is 29.7 Å². The van der Waals surface area contributed by atoms with Gasteiger partial charge in [-0.05, 0) is 19.9 Å². The van der Waals surface area contributed by atoms with Crippen LogP contribution in [0.15, 0.2) is 18.5 Å². The van der Waals surface area contributed by atoms with Crippen LogP contribution in [0.1, 0.15) is 35.5 Å². The SMILES string of the molecule is CC(C)N/C=C(\C=N)c1cnc2c(c1)C(=O)NCC2. The van der Waals surface area contributed by atoms with Crippen molar-refractivity contribution >= 4 is 17.7 Å². The maximum absolute atomic E-state index is 11.8. The lowest BCUT2D eigenvalue weighted by atomic mass is 10.0. The summed E-state index contributed by atoms with van der Waals surface area (Å²) in [7, 11) is 0. The smallest absolute Gasteiger partial charge is 0.253 e. The Morgan fingerprint density at radius 2 is 2.37 bits per heavy atom. The predicted molar refractivity (Wildman–Crippen MR) is 75.3 cm³/mol. The largest absolute Gasteiger partial charge is 0.388 e. The molecule has 0 unspecified atom stereocenters. The Morgan fingerprint density at radius 3 is 3.05 bits per heavy atom. The van der Waals surface area contributed by atoms with Crippen molar-refractivity contribution in [3.63, 3.8) is 0 Å². The van der Waals surface area contributed by atoms with Crippen molar-refractivity contribution < 1.29 is 4.79 Å². The van der Waals surface area contributed by atoms with Crippen molar-refractivity contribution in [2.75, 3.05) is 6.54 Å². The minimum Gasteiger partial charge on any atom is -0.388 e. The molecule has 5 heteroatoms. The minimum atomic E-state index is -0.0863. The first kappa shape index (κ1) is 13.3. The van der Waals surface area contributed by atoms with Crippen molar-refractivity contribution in [3.05, 3.63) is 35.3 Å². The monoisotopic (exact) mass is 258 g/mol. The highest BCUT2D eigenvalue weighted by Crippen LogP contribution is 2.17. The summed E-state index contributed by atoms with van der Waals surface area (Å²) in [6, 6.07) is 2.10. The molecular weight excluding hydrogens is 240 g/mol. The van der Waals surface area contributed by atoms with Crippen LogP contribution in [0, 0.1) is 5.41 Å². The molecule has 1 amide bonds. The molecule has 0 saturated carbocycles. The molecule has 0 saturated heterocycles. The zero-order valence-corrected chi connectivity index (χ0v) is 11.2. The Hall–Kier alpha value is -2.17. The van der Waals surface area contributed by atoms with Gasteiger partial charge in [-0.1, -0.05) is 0 Å². The van der Waals surface area contributed by atoms with E-state index in [1.807, 2.05) is 13.8 Å². The van der Waals surface area contributed by atoms with Crippen molar-refractivity contribution in [2.45, 2.75) is 26.3 Å². The van der Waals surface area contributed by atoms with Crippen LogP contribution in [0.4, 0.5) is 0 Å². The molecule has 2 heterocycles. The van der Waals surface area contributed by atoms with Gasteiger partial charge in [0.1, 0.15) is 0 Å². The number of carbonyl (C=O) groups is 1. The van der Waals surface area contributed by atoms with Gasteiger partial charge in [-0.15, -0.1) is 0 Å². The molecule has 2 rings (SSSR count). The number of hydrogen-bond donors (Lipinski definition) is 3. The van der Waals surface area contributed by atoms with Crippen molar-refractivity contribution in [3.8, 4) is 0 Å². The van der Waals surface area contributed by atoms with Gasteiger partial charge >= 0.3 is 0 Å². The van der Waals surface area contributed by atoms with E-state index in [4.69, 9.17) is 5.41 Å². The van der Waals surface area contributed by atoms with Crippen LogP contribution < -0.4 is 10.6 Å². The summed E-state index contributed by atoms with van der Waals surface area (Å²) in [6.07, 6.45) is 5.52. The van der Waals surface area contributed by atoms with Gasteiger partial charge in [0, 0.05) is 48.8 Å². The van der Waals surface area contributed by atoms with Crippen molar-refractivity contribution in [1.82, 2.24) is 15.6 Å². The molecule has 1 aromatic heterocycles. The van der Waals surface area contributed by atoms with Crippen LogP contribution in [0.25, 0.3) is 5.57 Å². The maximum atomic E-state index is 11.8. The van der Waals surface area contributed by atoms with Gasteiger partial charge in [0.2, 0.25) is 0 Å². The van der Waals surface area contributed by atoms with Crippen LogP contribution in [-0.2, 0) is 6.42 Å². The number of nitrogens with zero attached hydrogens (tertiary/aromatic N) is 1. The van der Waals surface area contributed by atoms with Crippen LogP contribution in [0.3, 0.4) is 0 Å². The molecule has 0 bridgehead atoms. The zero-order chi connectivity index (χ0) is 13.8. The molecule has 5 nitrogen and oxygen atoms in total. The van der Waals surface area contributed by atoms with Crippen LogP contribution in [0.5, 0.6) is 0 Å². The Morgan fingerprint density at radius 1 is 1.58 bits per heavy atom. The van der Waals surface area contributed by atoms with Crippen molar-refractivity contribution in [2.24, 2.45) is 0 Å². The third kappa shape index (κ3) is 2.99. The first-order valence-corrected chi connectivity index (χ1v) is 6.36. The topological polar surface area (TPSA) is 77.9 Å². The summed E-state index contributed by atoms with van der Waals surface area (Å²) in [6.45, 7) is 4.69. The first-order valence-electron chi connectivity index (χ1n) is 6.36. The van der Waals surface area contributed by atoms with Gasteiger partial charge in [-0.2, -0.15) is 0 Å². The Bertz CT molecular complexity index is 534. The quantitative estimate of drug-likeness (QED) is 0.713. The van der Waals surface area contributed by atoms with Gasteiger partial charge in [-0.25, -0.2) is 0 Å². The van der Waals surface area contributed by atoms with E-state index >= 15 is 0 Å². The average Bonchev–Trinajstić information content (AvgIpc) is 2.40. The minimum absolute atomic E-state index is 0.0863. The molecule has 100 valence electrons. The molecule has 19 heavy (non-hydrogen) atoms. The van der Waals surface area contributed by atoms with E-state index in [9.17, 15) is 4.79 Å². The second-order valence-electron chi connectivity index (χ2n) is 4.79. The van der Waals surface area contributed by atoms with E-state index in [1.165, 1.54) is 6.21 Å². The number of carbonyl (C=O) groups excluding carboxylic acids is 1. The standard InChI is InChI=1S/C14H18N4O/c1-9(2)17-8-11(6-15)10-5-12-13(18-7-10)3-4-16-14(12)19/h5-9,15,17H,3-4H2,1-2H3,(H,16,19)/b11-8+,15-6?. The third-order valence-corrected chi connectivity index (χ3v) is 2.92. The number of hydrogen-bond acceptors (Lipinski definition) is 4. The lowest BCUT2D eigenvalue weighted by molar-refractivity contribution is 0.0945. The summed E-state index contributed by atoms with van der Waals surface area (Å²) in [5, 5.41) is 13.4. The summed E-state index contributed by atoms with van der Waals surface area (Å²) in [5.41, 5.74) is 2.93. The number of aromatic nitrogens is 1. The van der Waals surface area contributed by atoms with Gasteiger partial charge in [0.25, 0.3) is 5.91 Å². The zero-order valence-electron chi connectivity index (χ0n) is 11.2. The van der Waals surface area contributed by atoms with Gasteiger partial charge in [0.15, 0.2) is 0 Å². The average molecular weight is 258 g/mol. The third-order valence-electron chi connectivity index (χ3n) is 2.92. The molecule has 0 spiro atoms. The fourth-order valence-electron chi connectivity index (χ4n) is 1.90. The molecular formula is C14H18N4O. The van der Waals surface area contributed by atoms with E-state index in [0.29, 0.717) is 23.7 Å². The maximum Gasteiger partial charge on any atom is 0.253 e.